The summed E-state index contributed by atoms with van der Waals surface area (Å²) in [6, 6.07) is 6.50. The Balaban J connectivity index is 2.79. The molecular formula is C17H29BrGeO. The van der Waals surface area contributed by atoms with Crippen LogP contribution in [0.15, 0.2) is 22.7 Å². The van der Waals surface area contributed by atoms with Crippen molar-refractivity contribution in [3.05, 3.63) is 28.2 Å². The van der Waals surface area contributed by atoms with Crippen molar-refractivity contribution >= 4 is 30.3 Å². The van der Waals surface area contributed by atoms with Gasteiger partial charge in [-0.2, -0.15) is 0 Å². The molecule has 20 heavy (non-hydrogen) atoms. The summed E-state index contributed by atoms with van der Waals surface area (Å²) < 4.78 is 8.87. The second-order valence-corrected chi connectivity index (χ2v) is 17.3. The molecule has 0 saturated carbocycles. The molecule has 0 fully saturated rings. The van der Waals surface area contributed by atoms with Gasteiger partial charge in [0.15, 0.2) is 0 Å². The SMILES string of the molecule is C[CH](C)[GeH]([CH2]Oc1ccc(C(C)(C)C)cc1Br)[CH](C)C. The van der Waals surface area contributed by atoms with E-state index in [2.05, 4.69) is 82.6 Å². The minimum absolute atomic E-state index is 0.178. The molecule has 0 aliphatic heterocycles. The van der Waals surface area contributed by atoms with Gasteiger partial charge in [-0.25, -0.2) is 0 Å². The molecule has 0 heterocycles. The molecule has 0 aromatic heterocycles. The van der Waals surface area contributed by atoms with Crippen LogP contribution in [0.2, 0.25) is 9.50 Å². The summed E-state index contributed by atoms with van der Waals surface area (Å²) in [6.07, 6.45) is 0. The van der Waals surface area contributed by atoms with Crippen molar-refractivity contribution in [2.45, 2.75) is 63.4 Å². The van der Waals surface area contributed by atoms with E-state index in [1.807, 2.05) is 0 Å². The standard InChI is InChI=1S/C17H29BrGeO/c1-12(2)19(13(3)4)11-20-16-9-8-14(10-15(16)18)17(5,6)7/h8-10,12-13,19H,11H2,1-7H3. The van der Waals surface area contributed by atoms with Gasteiger partial charge in [-0.3, -0.25) is 0 Å². The van der Waals surface area contributed by atoms with Gasteiger partial charge in [-0.1, -0.05) is 0 Å². The van der Waals surface area contributed by atoms with E-state index in [4.69, 9.17) is 4.74 Å². The van der Waals surface area contributed by atoms with Gasteiger partial charge in [-0.15, -0.1) is 0 Å². The van der Waals surface area contributed by atoms with Crippen molar-refractivity contribution in [1.29, 1.82) is 0 Å². The van der Waals surface area contributed by atoms with Gasteiger partial charge in [0.05, 0.1) is 0 Å². The van der Waals surface area contributed by atoms with Gasteiger partial charge in [-0.05, 0) is 0 Å². The Labute approximate surface area is 137 Å². The number of hydrogen-bond donors (Lipinski definition) is 0. The van der Waals surface area contributed by atoms with E-state index in [1.54, 1.807) is 0 Å². The summed E-state index contributed by atoms with van der Waals surface area (Å²) in [5, 5.41) is 0. The second-order valence-electron chi connectivity index (χ2n) is 7.36. The summed E-state index contributed by atoms with van der Waals surface area (Å²) in [6.45, 7) is 16.1. The molecule has 0 atom stereocenters. The normalized spacial score (nSPS) is 12.6. The van der Waals surface area contributed by atoms with E-state index < -0.39 is 14.3 Å². The van der Waals surface area contributed by atoms with Crippen molar-refractivity contribution in [3.8, 4) is 5.75 Å². The zero-order valence-electron chi connectivity index (χ0n) is 14.0. The molecule has 0 bridgehead atoms. The summed E-state index contributed by atoms with van der Waals surface area (Å²) >= 11 is 2.29. The molecule has 0 aliphatic rings. The first-order valence-corrected chi connectivity index (χ1v) is 12.9. The maximum atomic E-state index is 6.13. The Kier molecular flexibility index (Phi) is 6.65. The van der Waals surface area contributed by atoms with Crippen LogP contribution in [0.25, 0.3) is 0 Å². The predicted molar refractivity (Wildman–Crippen MR) is 95.7 cm³/mol. The van der Waals surface area contributed by atoms with Crippen LogP contribution in [-0.4, -0.2) is 19.8 Å². The van der Waals surface area contributed by atoms with Crippen LogP contribution in [0.1, 0.15) is 54.0 Å². The molecule has 0 N–H and O–H groups in total. The van der Waals surface area contributed by atoms with Crippen molar-refractivity contribution < 1.29 is 4.74 Å². The van der Waals surface area contributed by atoms with Crippen LogP contribution >= 0.6 is 15.9 Å². The summed E-state index contributed by atoms with van der Waals surface area (Å²) in [4.78, 5) is 0. The topological polar surface area (TPSA) is 9.23 Å². The number of hydrogen-bond acceptors (Lipinski definition) is 1. The quantitative estimate of drug-likeness (QED) is 0.574. The summed E-state index contributed by atoms with van der Waals surface area (Å²) in [5.41, 5.74) is 2.48. The molecule has 1 nitrogen and oxygen atoms in total. The van der Waals surface area contributed by atoms with Crippen molar-refractivity contribution in [3.63, 3.8) is 0 Å². The van der Waals surface area contributed by atoms with Crippen LogP contribution in [0.5, 0.6) is 5.75 Å². The van der Waals surface area contributed by atoms with E-state index in [9.17, 15) is 0 Å². The number of halogens is 1. The van der Waals surface area contributed by atoms with Gasteiger partial charge in [0, 0.05) is 0 Å². The Bertz CT molecular complexity index is 427. The number of ether oxygens (including phenoxy) is 1. The first-order valence-electron chi connectivity index (χ1n) is 7.55. The molecule has 1 aromatic carbocycles. The fourth-order valence-corrected chi connectivity index (χ4v) is 8.54. The fourth-order valence-electron chi connectivity index (χ4n) is 2.43. The third-order valence-corrected chi connectivity index (χ3v) is 12.9. The van der Waals surface area contributed by atoms with E-state index in [0.29, 0.717) is 0 Å². The van der Waals surface area contributed by atoms with E-state index in [1.165, 1.54) is 5.56 Å². The zero-order valence-corrected chi connectivity index (χ0v) is 18.0. The zero-order chi connectivity index (χ0) is 15.5. The first kappa shape index (κ1) is 18.1. The van der Waals surface area contributed by atoms with Crippen LogP contribution in [0, 0.1) is 0 Å². The first-order chi connectivity index (χ1) is 9.12. The van der Waals surface area contributed by atoms with E-state index in [0.717, 1.165) is 25.2 Å². The molecular weight excluding hydrogens is 373 g/mol. The molecule has 0 amide bonds. The molecule has 0 radical (unpaired) electrons. The Morgan fingerprint density at radius 1 is 1.10 bits per heavy atom. The maximum absolute atomic E-state index is 6.13. The van der Waals surface area contributed by atoms with E-state index in [-0.39, 0.29) is 5.41 Å². The Morgan fingerprint density at radius 3 is 2.05 bits per heavy atom. The third-order valence-electron chi connectivity index (χ3n) is 3.94. The molecule has 0 unspecified atom stereocenters. The van der Waals surface area contributed by atoms with Gasteiger partial charge in [0.1, 0.15) is 0 Å². The van der Waals surface area contributed by atoms with Crippen LogP contribution < -0.4 is 4.74 Å². The van der Waals surface area contributed by atoms with Gasteiger partial charge in [0.25, 0.3) is 0 Å². The minimum atomic E-state index is -1.37. The number of rotatable bonds is 5. The summed E-state index contributed by atoms with van der Waals surface area (Å²) in [7, 11) is 0. The second kappa shape index (κ2) is 7.35. The van der Waals surface area contributed by atoms with Gasteiger partial charge in [0.2, 0.25) is 0 Å². The van der Waals surface area contributed by atoms with Crippen molar-refractivity contribution in [2.24, 2.45) is 0 Å². The Morgan fingerprint density at radius 2 is 1.65 bits per heavy atom. The van der Waals surface area contributed by atoms with Gasteiger partial charge >= 0.3 is 138 Å². The molecule has 0 saturated heterocycles. The van der Waals surface area contributed by atoms with E-state index >= 15 is 0 Å². The third kappa shape index (κ3) is 5.10. The number of benzene rings is 1. The molecule has 0 spiro atoms. The monoisotopic (exact) mass is 402 g/mol. The predicted octanol–water partition coefficient (Wildman–Crippen LogP) is 5.71. The average Bonchev–Trinajstić information content (AvgIpc) is 2.28. The van der Waals surface area contributed by atoms with Crippen LogP contribution in [-0.2, 0) is 5.41 Å². The summed E-state index contributed by atoms with van der Waals surface area (Å²) in [5.74, 6) is 0.995. The van der Waals surface area contributed by atoms with Crippen molar-refractivity contribution in [2.75, 3.05) is 5.44 Å². The molecule has 1 aromatic rings. The van der Waals surface area contributed by atoms with Crippen LogP contribution in [0.4, 0.5) is 0 Å². The van der Waals surface area contributed by atoms with Crippen LogP contribution in [0.3, 0.4) is 0 Å². The van der Waals surface area contributed by atoms with Gasteiger partial charge < -0.3 is 0 Å². The Hall–Kier alpha value is 0.0429. The fraction of sp³-hybridized carbons (Fsp3) is 0.647. The molecule has 114 valence electrons. The van der Waals surface area contributed by atoms with Crippen molar-refractivity contribution in [1.82, 2.24) is 0 Å². The average molecular weight is 402 g/mol. The molecule has 0 aliphatic carbocycles. The molecule has 3 heteroatoms. The molecule has 1 rings (SSSR count).